The van der Waals surface area contributed by atoms with Crippen LogP contribution in [-0.4, -0.2) is 49.2 Å². The van der Waals surface area contributed by atoms with Gasteiger partial charge in [-0.15, -0.1) is 0 Å². The summed E-state index contributed by atoms with van der Waals surface area (Å²) < 4.78 is 0.589. The molecule has 0 unspecified atom stereocenters. The summed E-state index contributed by atoms with van der Waals surface area (Å²) >= 11 is 0. The van der Waals surface area contributed by atoms with Crippen LogP contribution in [0.5, 0.6) is 5.75 Å². The zero-order valence-electron chi connectivity index (χ0n) is 21.5. The number of rotatable bonds is 19. The van der Waals surface area contributed by atoms with Crippen molar-refractivity contribution in [3.8, 4) is 5.75 Å². The van der Waals surface area contributed by atoms with Crippen LogP contribution in [0.4, 0.5) is 0 Å². The second kappa shape index (κ2) is 17.0. The highest BCUT2D eigenvalue weighted by atomic mass is 16.3. The molecule has 0 saturated heterocycles. The molecule has 0 radical (unpaired) electrons. The van der Waals surface area contributed by atoms with Crippen molar-refractivity contribution in [2.75, 3.05) is 27.7 Å². The molecule has 184 valence electrons. The topological polar surface area (TPSA) is 49.3 Å². The second-order valence-electron chi connectivity index (χ2n) is 10.4. The number of amides is 1. The summed E-state index contributed by atoms with van der Waals surface area (Å²) in [6.45, 7) is 3.04. The van der Waals surface area contributed by atoms with E-state index in [1.54, 1.807) is 12.1 Å². The molecule has 1 atom stereocenters. The first-order chi connectivity index (χ1) is 15.3. The number of nitrogens with one attached hydrogen (secondary N) is 1. The van der Waals surface area contributed by atoms with Crippen LogP contribution in [0, 0.1) is 0 Å². The van der Waals surface area contributed by atoms with Crippen LogP contribution in [0.3, 0.4) is 0 Å². The van der Waals surface area contributed by atoms with Gasteiger partial charge in [-0.1, -0.05) is 103 Å². The number of phenolic OH excluding ortho intramolecular Hbond substituents is 1. The zero-order chi connectivity index (χ0) is 23.7. The maximum absolute atomic E-state index is 12.8. The summed E-state index contributed by atoms with van der Waals surface area (Å²) in [5, 5.41) is 12.6. The molecule has 0 saturated carbocycles. The zero-order valence-corrected chi connectivity index (χ0v) is 21.5. The average molecular weight is 448 g/mol. The van der Waals surface area contributed by atoms with Gasteiger partial charge in [0.2, 0.25) is 0 Å². The number of unbranched alkanes of at least 4 members (excludes halogenated alkanes) is 13. The number of nitrogens with zero attached hydrogens (tertiary/aromatic N) is 1. The van der Waals surface area contributed by atoms with Crippen LogP contribution in [0.15, 0.2) is 24.3 Å². The number of benzene rings is 1. The Balaban J connectivity index is 2.08. The highest BCUT2D eigenvalue weighted by molar-refractivity contribution is 5.81. The third-order valence-corrected chi connectivity index (χ3v) is 6.43. The molecule has 0 aliphatic heterocycles. The molecule has 0 aliphatic carbocycles. The molecule has 0 aromatic heterocycles. The number of phenols is 1. The molecule has 1 rings (SSSR count). The van der Waals surface area contributed by atoms with E-state index in [9.17, 15) is 9.90 Å². The van der Waals surface area contributed by atoms with Gasteiger partial charge in [0.25, 0.3) is 5.91 Å². The van der Waals surface area contributed by atoms with Gasteiger partial charge in [0, 0.05) is 13.0 Å². The van der Waals surface area contributed by atoms with Crippen LogP contribution in [-0.2, 0) is 11.2 Å². The Bertz CT molecular complexity index is 592. The molecule has 0 fully saturated rings. The van der Waals surface area contributed by atoms with Gasteiger partial charge < -0.3 is 14.9 Å². The molecule has 0 aliphatic rings. The summed E-state index contributed by atoms with van der Waals surface area (Å²) in [6.07, 6.45) is 19.5. The van der Waals surface area contributed by atoms with E-state index < -0.39 is 0 Å². The summed E-state index contributed by atoms with van der Waals surface area (Å²) in [6, 6.07) is 7.05. The quantitative estimate of drug-likeness (QED) is 0.185. The molecule has 0 spiro atoms. The standard InChI is InChI=1S/C28H50N2O2/c1-5-6-7-8-9-10-11-12-13-14-15-16-17-18-23-29-28(32)27(30(2,3)4)24-25-19-21-26(31)22-20-25/h19-22,27H,5-18,23-24H2,1-4H3,(H-,29,31,32)/p+1/t27-/m0/s1. The maximum Gasteiger partial charge on any atom is 0.278 e. The molecule has 1 aromatic rings. The van der Waals surface area contributed by atoms with E-state index in [0.29, 0.717) is 10.9 Å². The number of aromatic hydroxyl groups is 1. The van der Waals surface area contributed by atoms with Gasteiger partial charge in [-0.3, -0.25) is 4.79 Å². The highest BCUT2D eigenvalue weighted by Crippen LogP contribution is 2.16. The first-order valence-electron chi connectivity index (χ1n) is 13.2. The molecular weight excluding hydrogens is 396 g/mol. The number of hydrogen-bond donors (Lipinski definition) is 2. The molecule has 4 nitrogen and oxygen atoms in total. The first kappa shape index (κ1) is 28.5. The van der Waals surface area contributed by atoms with Crippen molar-refractivity contribution in [1.29, 1.82) is 0 Å². The van der Waals surface area contributed by atoms with E-state index >= 15 is 0 Å². The van der Waals surface area contributed by atoms with Crippen molar-refractivity contribution >= 4 is 5.91 Å². The van der Waals surface area contributed by atoms with E-state index in [1.807, 2.05) is 12.1 Å². The second-order valence-corrected chi connectivity index (χ2v) is 10.4. The normalized spacial score (nSPS) is 12.6. The van der Waals surface area contributed by atoms with Crippen molar-refractivity contribution in [2.24, 2.45) is 0 Å². The van der Waals surface area contributed by atoms with Gasteiger partial charge >= 0.3 is 0 Å². The van der Waals surface area contributed by atoms with Crippen molar-refractivity contribution < 1.29 is 14.4 Å². The lowest BCUT2D eigenvalue weighted by molar-refractivity contribution is -0.886. The Labute approximate surface area is 198 Å². The first-order valence-corrected chi connectivity index (χ1v) is 13.2. The summed E-state index contributed by atoms with van der Waals surface area (Å²) in [4.78, 5) is 12.8. The molecule has 1 aromatic carbocycles. The Morgan fingerprint density at radius 3 is 1.66 bits per heavy atom. The number of carbonyl (C=O) groups excluding carboxylic acids is 1. The molecule has 32 heavy (non-hydrogen) atoms. The van der Waals surface area contributed by atoms with Crippen LogP contribution in [0.2, 0.25) is 0 Å². The van der Waals surface area contributed by atoms with Gasteiger partial charge in [-0.05, 0) is 24.1 Å². The molecule has 2 N–H and O–H groups in total. The third kappa shape index (κ3) is 13.8. The van der Waals surface area contributed by atoms with Gasteiger partial charge in [-0.25, -0.2) is 0 Å². The smallest absolute Gasteiger partial charge is 0.278 e. The lowest BCUT2D eigenvalue weighted by atomic mass is 10.0. The molecule has 0 bridgehead atoms. The summed E-state index contributed by atoms with van der Waals surface area (Å²) in [5.74, 6) is 0.387. The highest BCUT2D eigenvalue weighted by Gasteiger charge is 2.31. The van der Waals surface area contributed by atoms with Crippen LogP contribution in [0.1, 0.15) is 102 Å². The molecule has 0 heterocycles. The van der Waals surface area contributed by atoms with Crippen LogP contribution >= 0.6 is 0 Å². The SMILES string of the molecule is CCCCCCCCCCCCCCCCNC(=O)[C@H](Cc1ccc(O)cc1)[N+](C)(C)C. The van der Waals surface area contributed by atoms with Crippen molar-refractivity contribution in [3.05, 3.63) is 29.8 Å². The third-order valence-electron chi connectivity index (χ3n) is 6.43. The van der Waals surface area contributed by atoms with Crippen molar-refractivity contribution in [3.63, 3.8) is 0 Å². The summed E-state index contributed by atoms with van der Waals surface area (Å²) in [5.41, 5.74) is 1.08. The van der Waals surface area contributed by atoms with E-state index in [1.165, 1.54) is 83.5 Å². The maximum atomic E-state index is 12.8. The summed E-state index contributed by atoms with van der Waals surface area (Å²) in [7, 11) is 6.20. The number of hydrogen-bond acceptors (Lipinski definition) is 2. The minimum Gasteiger partial charge on any atom is -0.508 e. The lowest BCUT2D eigenvalue weighted by Gasteiger charge is -2.33. The van der Waals surface area contributed by atoms with Gasteiger partial charge in [-0.2, -0.15) is 0 Å². The number of carbonyl (C=O) groups is 1. The van der Waals surface area contributed by atoms with Gasteiger partial charge in [0.15, 0.2) is 6.04 Å². The predicted molar refractivity (Wildman–Crippen MR) is 137 cm³/mol. The lowest BCUT2D eigenvalue weighted by Crippen LogP contribution is -2.55. The largest absolute Gasteiger partial charge is 0.508 e. The Kier molecular flexibility index (Phi) is 15.1. The Morgan fingerprint density at radius 1 is 0.781 bits per heavy atom. The van der Waals surface area contributed by atoms with Crippen molar-refractivity contribution in [2.45, 2.75) is 109 Å². The van der Waals surface area contributed by atoms with E-state index in [-0.39, 0.29) is 17.7 Å². The van der Waals surface area contributed by atoms with Gasteiger partial charge in [0.1, 0.15) is 5.75 Å². The fourth-order valence-corrected chi connectivity index (χ4v) is 4.22. The molecular formula is C28H51N2O2+. The minimum atomic E-state index is -0.133. The van der Waals surface area contributed by atoms with E-state index in [4.69, 9.17) is 0 Å². The van der Waals surface area contributed by atoms with Crippen LogP contribution in [0.25, 0.3) is 0 Å². The van der Waals surface area contributed by atoms with E-state index in [2.05, 4.69) is 33.4 Å². The fourth-order valence-electron chi connectivity index (χ4n) is 4.22. The fraction of sp³-hybridized carbons (Fsp3) is 0.750. The Morgan fingerprint density at radius 2 is 1.22 bits per heavy atom. The molecule has 4 heteroatoms. The minimum absolute atomic E-state index is 0.125. The number of quaternary nitrogens is 1. The van der Waals surface area contributed by atoms with Crippen LogP contribution < -0.4 is 5.32 Å². The Hall–Kier alpha value is -1.55. The van der Waals surface area contributed by atoms with E-state index in [0.717, 1.165) is 18.5 Å². The average Bonchev–Trinajstić information content (AvgIpc) is 2.75. The van der Waals surface area contributed by atoms with Crippen molar-refractivity contribution in [1.82, 2.24) is 5.32 Å². The number of likely N-dealkylation sites (N-methyl/N-ethyl adjacent to an activating group) is 1. The van der Waals surface area contributed by atoms with Gasteiger partial charge in [0.05, 0.1) is 21.1 Å². The molecule has 1 amide bonds. The predicted octanol–water partition coefficient (Wildman–Crippen LogP) is 6.61. The monoisotopic (exact) mass is 447 g/mol.